The monoisotopic (exact) mass is 288 g/mol. The Bertz CT molecular complexity index is 593. The minimum Gasteiger partial charge on any atom is -0.392 e. The van der Waals surface area contributed by atoms with Crippen molar-refractivity contribution in [1.29, 1.82) is 0 Å². The summed E-state index contributed by atoms with van der Waals surface area (Å²) in [4.78, 5) is 3.97. The number of hydrogen-bond acceptors (Lipinski definition) is 4. The summed E-state index contributed by atoms with van der Waals surface area (Å²) in [5.41, 5.74) is 5.93. The van der Waals surface area contributed by atoms with Gasteiger partial charge in [0.1, 0.15) is 12.7 Å². The molecule has 0 aliphatic carbocycles. The molecule has 114 valence electrons. The molecule has 2 aromatic rings. The lowest BCUT2D eigenvalue weighted by Crippen LogP contribution is -2.24. The molecule has 0 fully saturated rings. The highest BCUT2D eigenvalue weighted by atomic mass is 16.3. The molecule has 0 unspecified atom stereocenters. The third-order valence-corrected chi connectivity index (χ3v) is 4.08. The topological polar surface area (TPSA) is 63.0 Å². The molecule has 0 saturated heterocycles. The van der Waals surface area contributed by atoms with Gasteiger partial charge < -0.3 is 10.4 Å². The van der Waals surface area contributed by atoms with Gasteiger partial charge in [-0.15, -0.1) is 0 Å². The van der Waals surface area contributed by atoms with Crippen LogP contribution in [0.1, 0.15) is 40.8 Å². The summed E-state index contributed by atoms with van der Waals surface area (Å²) in [7, 11) is 0. The van der Waals surface area contributed by atoms with Gasteiger partial charge in [-0.05, 0) is 55.5 Å². The number of aliphatic hydroxyl groups is 1. The lowest BCUT2D eigenvalue weighted by atomic mass is 9.93. The van der Waals surface area contributed by atoms with Crippen molar-refractivity contribution in [3.05, 3.63) is 46.5 Å². The first kappa shape index (κ1) is 15.7. The number of nitrogens with zero attached hydrogens (tertiary/aromatic N) is 3. The molecule has 0 saturated carbocycles. The van der Waals surface area contributed by atoms with E-state index < -0.39 is 0 Å². The molecule has 2 N–H and O–H groups in total. The first-order valence-electron chi connectivity index (χ1n) is 7.28. The van der Waals surface area contributed by atoms with Crippen LogP contribution in [0.25, 0.3) is 0 Å². The van der Waals surface area contributed by atoms with Gasteiger partial charge in [0, 0.05) is 13.1 Å². The Morgan fingerprint density at radius 3 is 2.57 bits per heavy atom. The molecular weight excluding hydrogens is 264 g/mol. The highest BCUT2D eigenvalue weighted by Gasteiger charge is 2.11. The average Bonchev–Trinajstić information content (AvgIpc) is 2.96. The second-order valence-electron chi connectivity index (χ2n) is 5.61. The Morgan fingerprint density at radius 2 is 1.95 bits per heavy atom. The fraction of sp³-hybridized carbons (Fsp3) is 0.500. The molecule has 5 nitrogen and oxygen atoms in total. The fourth-order valence-electron chi connectivity index (χ4n) is 2.73. The van der Waals surface area contributed by atoms with Crippen LogP contribution in [0.2, 0.25) is 0 Å². The molecule has 1 aromatic heterocycles. The molecule has 0 radical (unpaired) electrons. The van der Waals surface area contributed by atoms with E-state index in [9.17, 15) is 5.11 Å². The van der Waals surface area contributed by atoms with Crippen LogP contribution in [0, 0.1) is 20.8 Å². The van der Waals surface area contributed by atoms with E-state index in [1.807, 2.05) is 4.68 Å². The van der Waals surface area contributed by atoms with Gasteiger partial charge in [-0.3, -0.25) is 0 Å². The van der Waals surface area contributed by atoms with Crippen molar-refractivity contribution in [2.24, 2.45) is 0 Å². The van der Waals surface area contributed by atoms with Crippen molar-refractivity contribution in [3.63, 3.8) is 0 Å². The summed E-state index contributed by atoms with van der Waals surface area (Å²) in [5.74, 6) is 0. The van der Waals surface area contributed by atoms with E-state index in [4.69, 9.17) is 0 Å². The predicted octanol–water partition coefficient (Wildman–Crippen LogP) is 2.05. The number of rotatable bonds is 6. The number of nitrogens with one attached hydrogen (secondary N) is 1. The molecule has 1 atom stereocenters. The van der Waals surface area contributed by atoms with Crippen molar-refractivity contribution in [3.8, 4) is 0 Å². The van der Waals surface area contributed by atoms with E-state index in [1.54, 1.807) is 12.7 Å². The van der Waals surface area contributed by atoms with Crippen LogP contribution in [0.4, 0.5) is 0 Å². The van der Waals surface area contributed by atoms with Crippen LogP contribution in [0.5, 0.6) is 0 Å². The van der Waals surface area contributed by atoms with Gasteiger partial charge >= 0.3 is 0 Å². The molecule has 1 heterocycles. The van der Waals surface area contributed by atoms with Gasteiger partial charge in [0.05, 0.1) is 12.6 Å². The van der Waals surface area contributed by atoms with Crippen molar-refractivity contribution in [2.45, 2.75) is 46.9 Å². The van der Waals surface area contributed by atoms with Crippen molar-refractivity contribution in [1.82, 2.24) is 20.1 Å². The first-order valence-corrected chi connectivity index (χ1v) is 7.28. The zero-order chi connectivity index (χ0) is 15.4. The van der Waals surface area contributed by atoms with Crippen LogP contribution in [0.15, 0.2) is 18.7 Å². The Morgan fingerprint density at radius 1 is 1.24 bits per heavy atom. The predicted molar refractivity (Wildman–Crippen MR) is 83.0 cm³/mol. The van der Waals surface area contributed by atoms with Gasteiger partial charge in [-0.1, -0.05) is 6.07 Å². The molecule has 0 amide bonds. The molecular formula is C16H24N4O. The second-order valence-corrected chi connectivity index (χ2v) is 5.61. The maximum atomic E-state index is 9.51. The average molecular weight is 288 g/mol. The smallest absolute Gasteiger partial charge is 0.137 e. The molecule has 0 bridgehead atoms. The molecule has 2 rings (SSSR count). The highest BCUT2D eigenvalue weighted by molar-refractivity contribution is 5.44. The summed E-state index contributed by atoms with van der Waals surface area (Å²) in [6, 6.07) is 2.41. The normalized spacial score (nSPS) is 12.6. The summed E-state index contributed by atoms with van der Waals surface area (Å²) in [5, 5.41) is 17.1. The maximum absolute atomic E-state index is 9.51. The first-order chi connectivity index (χ1) is 10.0. The number of aryl methyl sites for hydroxylation is 2. The number of aromatic nitrogens is 3. The number of aliphatic hydroxyl groups excluding tert-OH is 1. The van der Waals surface area contributed by atoms with E-state index in [0.29, 0.717) is 0 Å². The zero-order valence-electron chi connectivity index (χ0n) is 13.2. The Balaban J connectivity index is 2.03. The maximum Gasteiger partial charge on any atom is 0.137 e. The zero-order valence-corrected chi connectivity index (χ0v) is 13.2. The summed E-state index contributed by atoms with van der Waals surface area (Å²) in [6.45, 7) is 10.1. The lowest BCUT2D eigenvalue weighted by molar-refractivity contribution is 0.280. The van der Waals surface area contributed by atoms with Crippen LogP contribution in [-0.2, 0) is 13.2 Å². The number of hydrogen-bond donors (Lipinski definition) is 2. The van der Waals surface area contributed by atoms with Crippen molar-refractivity contribution in [2.75, 3.05) is 6.54 Å². The standard InChI is InChI=1S/C16H24N4O/c1-11-5-12(2)16(8-21)14(4)15(11)7-17-6-13(3)20-10-18-9-19-20/h5,9-10,13,17,21H,6-8H2,1-4H3/t13-/m1/s1. The number of benzene rings is 1. The van der Waals surface area contributed by atoms with E-state index in [2.05, 4.69) is 49.2 Å². The van der Waals surface area contributed by atoms with Crippen molar-refractivity contribution < 1.29 is 5.11 Å². The SMILES string of the molecule is Cc1cc(C)c(CNC[C@@H](C)n2cncn2)c(C)c1CO. The molecule has 0 spiro atoms. The largest absolute Gasteiger partial charge is 0.392 e. The van der Waals surface area contributed by atoms with Crippen LogP contribution in [-0.4, -0.2) is 26.4 Å². The summed E-state index contributed by atoms with van der Waals surface area (Å²) < 4.78 is 1.85. The van der Waals surface area contributed by atoms with Gasteiger partial charge in [-0.2, -0.15) is 5.10 Å². The lowest BCUT2D eigenvalue weighted by Gasteiger charge is -2.18. The second kappa shape index (κ2) is 6.83. The fourth-order valence-corrected chi connectivity index (χ4v) is 2.73. The van der Waals surface area contributed by atoms with Crippen LogP contribution >= 0.6 is 0 Å². The van der Waals surface area contributed by atoms with Crippen LogP contribution < -0.4 is 5.32 Å². The minimum atomic E-state index is 0.0975. The molecule has 5 heteroatoms. The quantitative estimate of drug-likeness (QED) is 0.854. The van der Waals surface area contributed by atoms with E-state index in [0.717, 1.165) is 24.2 Å². The Kier molecular flexibility index (Phi) is 5.09. The third kappa shape index (κ3) is 3.49. The molecule has 0 aliphatic heterocycles. The minimum absolute atomic E-state index is 0.0975. The van der Waals surface area contributed by atoms with Gasteiger partial charge in [0.25, 0.3) is 0 Å². The van der Waals surface area contributed by atoms with E-state index >= 15 is 0 Å². The van der Waals surface area contributed by atoms with Gasteiger partial charge in [-0.25, -0.2) is 9.67 Å². The molecule has 1 aromatic carbocycles. The van der Waals surface area contributed by atoms with E-state index in [1.165, 1.54) is 16.7 Å². The highest BCUT2D eigenvalue weighted by Crippen LogP contribution is 2.22. The third-order valence-electron chi connectivity index (χ3n) is 4.08. The Labute approximate surface area is 126 Å². The van der Waals surface area contributed by atoms with E-state index in [-0.39, 0.29) is 12.6 Å². The van der Waals surface area contributed by atoms with Crippen LogP contribution in [0.3, 0.4) is 0 Å². The molecule has 21 heavy (non-hydrogen) atoms. The summed E-state index contributed by atoms with van der Waals surface area (Å²) >= 11 is 0. The van der Waals surface area contributed by atoms with Gasteiger partial charge in [0.15, 0.2) is 0 Å². The van der Waals surface area contributed by atoms with Gasteiger partial charge in [0.2, 0.25) is 0 Å². The van der Waals surface area contributed by atoms with Crippen molar-refractivity contribution >= 4 is 0 Å². The Hall–Kier alpha value is -1.72. The molecule has 0 aliphatic rings. The summed E-state index contributed by atoms with van der Waals surface area (Å²) in [6.07, 6.45) is 3.29.